The van der Waals surface area contributed by atoms with Gasteiger partial charge in [0.15, 0.2) is 11.5 Å². The standard InChI is InChI=1S/C24H20BrN3O3/c1-16-27-21-12-11-19(25)13-20(21)24(29)28(16)26-14-18-9-6-10-22(30-2)23(18)31-15-17-7-4-3-5-8-17/h3-14H,15H2,1-2H3. The minimum Gasteiger partial charge on any atom is -0.493 e. The first kappa shape index (κ1) is 20.8. The van der Waals surface area contributed by atoms with Crippen molar-refractivity contribution >= 4 is 33.0 Å². The van der Waals surface area contributed by atoms with Gasteiger partial charge in [0.25, 0.3) is 5.56 Å². The van der Waals surface area contributed by atoms with Crippen molar-refractivity contribution in [2.75, 3.05) is 7.11 Å². The van der Waals surface area contributed by atoms with Crippen LogP contribution in [0.5, 0.6) is 11.5 Å². The number of fused-ring (bicyclic) bond motifs is 1. The van der Waals surface area contributed by atoms with Crippen LogP contribution in [0.15, 0.2) is 81.1 Å². The summed E-state index contributed by atoms with van der Waals surface area (Å²) in [7, 11) is 1.59. The summed E-state index contributed by atoms with van der Waals surface area (Å²) in [6.45, 7) is 2.13. The number of hydrogen-bond donors (Lipinski definition) is 0. The molecule has 0 fully saturated rings. The first-order valence-electron chi connectivity index (χ1n) is 9.64. The van der Waals surface area contributed by atoms with Crippen molar-refractivity contribution in [3.8, 4) is 11.5 Å². The van der Waals surface area contributed by atoms with Gasteiger partial charge in [-0.15, -0.1) is 0 Å². The molecule has 1 heterocycles. The van der Waals surface area contributed by atoms with Crippen molar-refractivity contribution in [3.05, 3.63) is 98.5 Å². The Labute approximate surface area is 187 Å². The molecule has 7 heteroatoms. The lowest BCUT2D eigenvalue weighted by atomic mass is 10.2. The summed E-state index contributed by atoms with van der Waals surface area (Å²) >= 11 is 3.40. The van der Waals surface area contributed by atoms with Crippen molar-refractivity contribution in [3.63, 3.8) is 0 Å². The number of nitrogens with zero attached hydrogens (tertiary/aromatic N) is 3. The molecule has 0 aliphatic rings. The van der Waals surface area contributed by atoms with Crippen LogP contribution in [-0.4, -0.2) is 23.0 Å². The molecule has 0 saturated heterocycles. The molecule has 156 valence electrons. The van der Waals surface area contributed by atoms with Crippen molar-refractivity contribution in [1.82, 2.24) is 9.66 Å². The molecule has 1 aromatic heterocycles. The maximum atomic E-state index is 13.0. The van der Waals surface area contributed by atoms with Crippen LogP contribution < -0.4 is 15.0 Å². The van der Waals surface area contributed by atoms with Gasteiger partial charge in [-0.1, -0.05) is 52.3 Å². The van der Waals surface area contributed by atoms with Crippen LogP contribution in [0, 0.1) is 6.92 Å². The quantitative estimate of drug-likeness (QED) is 0.369. The lowest BCUT2D eigenvalue weighted by Gasteiger charge is -2.13. The van der Waals surface area contributed by atoms with Crippen LogP contribution in [0.2, 0.25) is 0 Å². The Balaban J connectivity index is 1.71. The summed E-state index contributed by atoms with van der Waals surface area (Å²) in [5.74, 6) is 1.63. The van der Waals surface area contributed by atoms with E-state index in [-0.39, 0.29) is 5.56 Å². The Morgan fingerprint density at radius 2 is 1.90 bits per heavy atom. The second-order valence-electron chi connectivity index (χ2n) is 6.83. The molecule has 0 N–H and O–H groups in total. The van der Waals surface area contributed by atoms with E-state index in [9.17, 15) is 4.79 Å². The number of hydrogen-bond acceptors (Lipinski definition) is 5. The van der Waals surface area contributed by atoms with Gasteiger partial charge in [-0.3, -0.25) is 4.79 Å². The maximum absolute atomic E-state index is 13.0. The molecule has 6 nitrogen and oxygen atoms in total. The molecular formula is C24H20BrN3O3. The fraction of sp³-hybridized carbons (Fsp3) is 0.125. The van der Waals surface area contributed by atoms with E-state index in [2.05, 4.69) is 26.0 Å². The van der Waals surface area contributed by atoms with Crippen LogP contribution in [0.25, 0.3) is 10.9 Å². The Morgan fingerprint density at radius 1 is 1.10 bits per heavy atom. The van der Waals surface area contributed by atoms with E-state index >= 15 is 0 Å². The Morgan fingerprint density at radius 3 is 2.68 bits per heavy atom. The number of benzene rings is 3. The topological polar surface area (TPSA) is 65.7 Å². The van der Waals surface area contributed by atoms with Crippen LogP contribution in [-0.2, 0) is 6.61 Å². The summed E-state index contributed by atoms with van der Waals surface area (Å²) in [6, 6.07) is 20.8. The number of ether oxygens (including phenoxy) is 2. The van der Waals surface area contributed by atoms with Crippen molar-refractivity contribution < 1.29 is 9.47 Å². The van der Waals surface area contributed by atoms with Crippen molar-refractivity contribution in [2.45, 2.75) is 13.5 Å². The number of methoxy groups -OCH3 is 1. The SMILES string of the molecule is COc1cccc(C=Nn2c(C)nc3ccc(Br)cc3c2=O)c1OCc1ccccc1. The normalized spacial score (nSPS) is 11.2. The van der Waals surface area contributed by atoms with Gasteiger partial charge < -0.3 is 9.47 Å². The van der Waals surface area contributed by atoms with Crippen molar-refractivity contribution in [1.29, 1.82) is 0 Å². The van der Waals surface area contributed by atoms with Crippen LogP contribution in [0.4, 0.5) is 0 Å². The Bertz CT molecular complexity index is 1320. The van der Waals surface area contributed by atoms with E-state index in [1.54, 1.807) is 32.4 Å². The highest BCUT2D eigenvalue weighted by Gasteiger charge is 2.11. The smallest absolute Gasteiger partial charge is 0.282 e. The van der Waals surface area contributed by atoms with E-state index in [4.69, 9.17) is 9.47 Å². The molecule has 0 aliphatic carbocycles. The highest BCUT2D eigenvalue weighted by Crippen LogP contribution is 2.31. The third-order valence-electron chi connectivity index (χ3n) is 4.74. The number of halogens is 1. The van der Waals surface area contributed by atoms with Gasteiger partial charge in [0.2, 0.25) is 0 Å². The third kappa shape index (κ3) is 4.51. The first-order valence-corrected chi connectivity index (χ1v) is 10.4. The fourth-order valence-corrected chi connectivity index (χ4v) is 3.56. The highest BCUT2D eigenvalue weighted by molar-refractivity contribution is 9.10. The average molecular weight is 478 g/mol. The number of para-hydroxylation sites is 1. The van der Waals surface area contributed by atoms with E-state index < -0.39 is 0 Å². The maximum Gasteiger partial charge on any atom is 0.282 e. The van der Waals surface area contributed by atoms with Gasteiger partial charge in [0, 0.05) is 10.0 Å². The zero-order chi connectivity index (χ0) is 21.8. The summed E-state index contributed by atoms with van der Waals surface area (Å²) in [6.07, 6.45) is 1.59. The molecule has 0 atom stereocenters. The Kier molecular flexibility index (Phi) is 6.13. The fourth-order valence-electron chi connectivity index (χ4n) is 3.20. The van der Waals surface area contributed by atoms with Crippen LogP contribution >= 0.6 is 15.9 Å². The molecule has 4 rings (SSSR count). The first-order chi connectivity index (χ1) is 15.1. The zero-order valence-electron chi connectivity index (χ0n) is 17.1. The molecule has 0 bridgehead atoms. The largest absolute Gasteiger partial charge is 0.493 e. The van der Waals surface area contributed by atoms with Gasteiger partial charge in [0.05, 0.1) is 24.2 Å². The minimum absolute atomic E-state index is 0.241. The monoisotopic (exact) mass is 477 g/mol. The van der Waals surface area contributed by atoms with E-state index in [1.165, 1.54) is 4.68 Å². The summed E-state index contributed by atoms with van der Waals surface area (Å²) in [5, 5.41) is 4.90. The number of aromatic nitrogens is 2. The predicted octanol–water partition coefficient (Wildman–Crippen LogP) is 4.94. The van der Waals surface area contributed by atoms with Gasteiger partial charge >= 0.3 is 0 Å². The van der Waals surface area contributed by atoms with E-state index in [0.29, 0.717) is 40.4 Å². The highest BCUT2D eigenvalue weighted by atomic mass is 79.9. The lowest BCUT2D eigenvalue weighted by Crippen LogP contribution is -2.20. The lowest BCUT2D eigenvalue weighted by molar-refractivity contribution is 0.284. The molecular weight excluding hydrogens is 458 g/mol. The van der Waals surface area contributed by atoms with Crippen LogP contribution in [0.3, 0.4) is 0 Å². The van der Waals surface area contributed by atoms with Gasteiger partial charge in [-0.05, 0) is 42.8 Å². The second kappa shape index (κ2) is 9.14. The Hall–Kier alpha value is -3.45. The van der Waals surface area contributed by atoms with Gasteiger partial charge in [0.1, 0.15) is 12.4 Å². The van der Waals surface area contributed by atoms with Crippen molar-refractivity contribution in [2.24, 2.45) is 5.10 Å². The molecule has 4 aromatic rings. The minimum atomic E-state index is -0.241. The molecule has 3 aromatic carbocycles. The van der Waals surface area contributed by atoms with Gasteiger partial charge in [-0.25, -0.2) is 4.98 Å². The summed E-state index contributed by atoms with van der Waals surface area (Å²) in [4.78, 5) is 17.5. The predicted molar refractivity (Wildman–Crippen MR) is 125 cm³/mol. The second-order valence-corrected chi connectivity index (χ2v) is 7.75. The number of rotatable bonds is 6. The molecule has 0 amide bonds. The van der Waals surface area contributed by atoms with Crippen LogP contribution in [0.1, 0.15) is 17.0 Å². The third-order valence-corrected chi connectivity index (χ3v) is 5.23. The molecule has 0 aliphatic heterocycles. The molecule has 0 spiro atoms. The van der Waals surface area contributed by atoms with E-state index in [1.807, 2.05) is 54.6 Å². The molecule has 0 unspecified atom stereocenters. The summed E-state index contributed by atoms with van der Waals surface area (Å²) < 4.78 is 13.6. The molecule has 0 radical (unpaired) electrons. The molecule has 0 saturated carbocycles. The average Bonchev–Trinajstić information content (AvgIpc) is 2.79. The zero-order valence-corrected chi connectivity index (χ0v) is 18.7. The van der Waals surface area contributed by atoms with Gasteiger partial charge in [-0.2, -0.15) is 9.78 Å². The molecule has 31 heavy (non-hydrogen) atoms. The van der Waals surface area contributed by atoms with E-state index in [0.717, 1.165) is 10.0 Å². The number of aryl methyl sites for hydroxylation is 1. The summed E-state index contributed by atoms with van der Waals surface area (Å²) in [5.41, 5.74) is 2.11.